The molecule has 0 aliphatic rings. The van der Waals surface area contributed by atoms with E-state index in [1.54, 1.807) is 10.9 Å². The summed E-state index contributed by atoms with van der Waals surface area (Å²) in [5.41, 5.74) is 2.09. The summed E-state index contributed by atoms with van der Waals surface area (Å²) in [6.07, 6.45) is 1.60. The minimum Gasteiger partial charge on any atom is -0.467 e. The fraction of sp³-hybridized carbons (Fsp3) is 0.333. The molecule has 1 aromatic carbocycles. The Labute approximate surface area is 156 Å². The maximum absolute atomic E-state index is 12.2. The number of anilines is 1. The van der Waals surface area contributed by atoms with Crippen molar-refractivity contribution in [3.8, 4) is 0 Å². The summed E-state index contributed by atoms with van der Waals surface area (Å²) in [5, 5.41) is 15.0. The predicted molar refractivity (Wildman–Crippen MR) is 100 cm³/mol. The van der Waals surface area contributed by atoms with E-state index in [-0.39, 0.29) is 17.1 Å². The quantitative estimate of drug-likeness (QED) is 0.669. The summed E-state index contributed by atoms with van der Waals surface area (Å²) in [6, 6.07) is 11.6. The molecule has 2 heterocycles. The third-order valence-corrected chi connectivity index (χ3v) is 4.71. The molecule has 0 bridgehead atoms. The number of furan rings is 1. The summed E-state index contributed by atoms with van der Waals surface area (Å²) in [5.74, 6) is 0.869. The molecule has 26 heavy (non-hydrogen) atoms. The highest BCUT2D eigenvalue weighted by molar-refractivity contribution is 7.99. The van der Waals surface area contributed by atoms with Crippen molar-refractivity contribution in [1.82, 2.24) is 20.2 Å². The Kier molecular flexibility index (Phi) is 5.41. The first-order valence-corrected chi connectivity index (χ1v) is 9.22. The molecule has 0 aliphatic heterocycles. The molecule has 0 aliphatic carbocycles. The smallest absolute Gasteiger partial charge is 0.234 e. The number of nitrogens with one attached hydrogen (secondary N) is 1. The Balaban J connectivity index is 1.54. The Morgan fingerprint density at radius 1 is 1.23 bits per heavy atom. The lowest BCUT2D eigenvalue weighted by molar-refractivity contribution is -0.113. The van der Waals surface area contributed by atoms with E-state index in [4.69, 9.17) is 4.42 Å². The van der Waals surface area contributed by atoms with E-state index >= 15 is 0 Å². The number of nitrogens with zero attached hydrogens (tertiary/aromatic N) is 4. The van der Waals surface area contributed by atoms with Gasteiger partial charge in [0.05, 0.1) is 12.0 Å². The molecule has 1 amide bonds. The fourth-order valence-corrected chi connectivity index (χ4v) is 3.01. The van der Waals surface area contributed by atoms with Crippen LogP contribution in [0.5, 0.6) is 0 Å². The molecule has 0 saturated heterocycles. The Morgan fingerprint density at radius 3 is 2.65 bits per heavy atom. The summed E-state index contributed by atoms with van der Waals surface area (Å²) in [4.78, 5) is 12.2. The molecule has 3 rings (SSSR count). The van der Waals surface area contributed by atoms with Gasteiger partial charge in [-0.1, -0.05) is 44.7 Å². The molecule has 0 unspecified atom stereocenters. The second-order valence-electron chi connectivity index (χ2n) is 6.86. The number of benzene rings is 1. The van der Waals surface area contributed by atoms with Crippen molar-refractivity contribution < 1.29 is 9.21 Å². The summed E-state index contributed by atoms with van der Waals surface area (Å²) >= 11 is 1.28. The van der Waals surface area contributed by atoms with E-state index in [0.717, 1.165) is 11.4 Å². The number of carbonyl (C=O) groups excluding carboxylic acids is 1. The molecule has 3 aromatic rings. The van der Waals surface area contributed by atoms with Crippen LogP contribution in [0.2, 0.25) is 0 Å². The molecule has 0 atom stereocenters. The summed E-state index contributed by atoms with van der Waals surface area (Å²) in [6.45, 7) is 6.90. The van der Waals surface area contributed by atoms with E-state index in [1.165, 1.54) is 17.3 Å². The zero-order valence-corrected chi connectivity index (χ0v) is 15.8. The van der Waals surface area contributed by atoms with Crippen molar-refractivity contribution in [3.05, 3.63) is 54.0 Å². The number of aromatic nitrogens is 4. The van der Waals surface area contributed by atoms with Gasteiger partial charge in [0.2, 0.25) is 11.1 Å². The Hall–Kier alpha value is -2.61. The first-order valence-electron chi connectivity index (χ1n) is 8.23. The van der Waals surface area contributed by atoms with Gasteiger partial charge in [0.15, 0.2) is 0 Å². The van der Waals surface area contributed by atoms with Crippen LogP contribution in [0.4, 0.5) is 5.69 Å². The van der Waals surface area contributed by atoms with Crippen molar-refractivity contribution in [3.63, 3.8) is 0 Å². The van der Waals surface area contributed by atoms with E-state index in [9.17, 15) is 4.79 Å². The van der Waals surface area contributed by atoms with Crippen LogP contribution in [0.1, 0.15) is 32.1 Å². The molecular weight excluding hydrogens is 350 g/mol. The monoisotopic (exact) mass is 371 g/mol. The zero-order chi connectivity index (χ0) is 18.6. The first kappa shape index (κ1) is 18.2. The minimum absolute atomic E-state index is 0.0868. The average molecular weight is 371 g/mol. The van der Waals surface area contributed by atoms with Gasteiger partial charge in [-0.25, -0.2) is 4.68 Å². The Morgan fingerprint density at radius 2 is 2.00 bits per heavy atom. The predicted octanol–water partition coefficient (Wildman–Crippen LogP) is 3.34. The highest BCUT2D eigenvalue weighted by atomic mass is 32.2. The molecule has 0 saturated carbocycles. The van der Waals surface area contributed by atoms with Crippen LogP contribution in [-0.4, -0.2) is 31.9 Å². The third kappa shape index (κ3) is 4.72. The van der Waals surface area contributed by atoms with Gasteiger partial charge in [-0.2, -0.15) is 0 Å². The number of carbonyl (C=O) groups is 1. The van der Waals surface area contributed by atoms with Crippen LogP contribution in [0.15, 0.2) is 52.2 Å². The molecular formula is C18H21N5O2S. The van der Waals surface area contributed by atoms with Gasteiger partial charge >= 0.3 is 0 Å². The maximum Gasteiger partial charge on any atom is 0.234 e. The number of rotatable bonds is 6. The lowest BCUT2D eigenvalue weighted by Gasteiger charge is -2.19. The van der Waals surface area contributed by atoms with Gasteiger partial charge in [0.25, 0.3) is 0 Å². The minimum atomic E-state index is -0.106. The molecule has 2 aromatic heterocycles. The highest BCUT2D eigenvalue weighted by Gasteiger charge is 2.14. The van der Waals surface area contributed by atoms with Gasteiger partial charge in [0.1, 0.15) is 12.3 Å². The normalized spacial score (nSPS) is 11.5. The number of hydrogen-bond acceptors (Lipinski definition) is 6. The Bertz CT molecular complexity index is 851. The summed E-state index contributed by atoms with van der Waals surface area (Å²) in [7, 11) is 0. The fourth-order valence-electron chi connectivity index (χ4n) is 2.33. The molecule has 7 nitrogen and oxygen atoms in total. The lowest BCUT2D eigenvalue weighted by atomic mass is 9.87. The van der Waals surface area contributed by atoms with E-state index < -0.39 is 0 Å². The number of thioether (sulfide) groups is 1. The van der Waals surface area contributed by atoms with Crippen molar-refractivity contribution in [1.29, 1.82) is 0 Å². The van der Waals surface area contributed by atoms with Crippen LogP contribution in [0, 0.1) is 0 Å². The third-order valence-electron chi connectivity index (χ3n) is 3.75. The molecule has 136 valence electrons. The van der Waals surface area contributed by atoms with Gasteiger partial charge in [0, 0.05) is 5.69 Å². The van der Waals surface area contributed by atoms with Crippen LogP contribution in [0.25, 0.3) is 0 Å². The van der Waals surface area contributed by atoms with Crippen LogP contribution < -0.4 is 5.32 Å². The van der Waals surface area contributed by atoms with Crippen LogP contribution >= 0.6 is 11.8 Å². The highest BCUT2D eigenvalue weighted by Crippen LogP contribution is 2.23. The van der Waals surface area contributed by atoms with Gasteiger partial charge in [-0.05, 0) is 45.7 Å². The van der Waals surface area contributed by atoms with E-state index in [0.29, 0.717) is 11.7 Å². The van der Waals surface area contributed by atoms with Gasteiger partial charge < -0.3 is 9.73 Å². The number of hydrogen-bond donors (Lipinski definition) is 1. The molecule has 0 spiro atoms. The topological polar surface area (TPSA) is 85.8 Å². The summed E-state index contributed by atoms with van der Waals surface area (Å²) < 4.78 is 6.90. The van der Waals surface area contributed by atoms with Gasteiger partial charge in [-0.3, -0.25) is 4.79 Å². The zero-order valence-electron chi connectivity index (χ0n) is 15.0. The standard InChI is InChI=1S/C18H21N5O2S/c1-18(2,3)13-6-8-14(9-7-13)19-16(24)12-26-17-20-21-22-23(17)11-15-5-4-10-25-15/h4-10H,11-12H2,1-3H3,(H,19,24). The van der Waals surface area contributed by atoms with E-state index in [2.05, 4.69) is 41.6 Å². The SMILES string of the molecule is CC(C)(C)c1ccc(NC(=O)CSc2nnnn2Cc2ccco2)cc1. The first-order chi connectivity index (χ1) is 12.4. The van der Waals surface area contributed by atoms with Crippen LogP contribution in [0.3, 0.4) is 0 Å². The second kappa shape index (κ2) is 7.74. The number of amides is 1. The van der Waals surface area contributed by atoms with Crippen molar-refractivity contribution in [2.45, 2.75) is 37.9 Å². The lowest BCUT2D eigenvalue weighted by Crippen LogP contribution is -2.15. The molecule has 8 heteroatoms. The maximum atomic E-state index is 12.2. The molecule has 1 N–H and O–H groups in total. The van der Waals surface area contributed by atoms with Gasteiger partial charge in [-0.15, -0.1) is 5.10 Å². The average Bonchev–Trinajstić information content (AvgIpc) is 3.25. The van der Waals surface area contributed by atoms with Crippen molar-refractivity contribution in [2.24, 2.45) is 0 Å². The van der Waals surface area contributed by atoms with Crippen molar-refractivity contribution >= 4 is 23.4 Å². The van der Waals surface area contributed by atoms with Crippen LogP contribution in [-0.2, 0) is 16.8 Å². The molecule has 0 fully saturated rings. The van der Waals surface area contributed by atoms with Crippen molar-refractivity contribution in [2.75, 3.05) is 11.1 Å². The van der Waals surface area contributed by atoms with E-state index in [1.807, 2.05) is 36.4 Å². The second-order valence-corrected chi connectivity index (χ2v) is 7.81. The molecule has 0 radical (unpaired) electrons. The largest absolute Gasteiger partial charge is 0.467 e. The number of tetrazole rings is 1.